The third kappa shape index (κ3) is 2.34. The summed E-state index contributed by atoms with van der Waals surface area (Å²) < 4.78 is 51.2. The van der Waals surface area contributed by atoms with Crippen LogP contribution in [0.25, 0.3) is 11.3 Å². The first-order valence-electron chi connectivity index (χ1n) is 5.20. The van der Waals surface area contributed by atoms with Crippen molar-refractivity contribution in [3.63, 3.8) is 0 Å². The van der Waals surface area contributed by atoms with Crippen LogP contribution in [0.1, 0.15) is 11.1 Å². The molecule has 1 aromatic carbocycles. The summed E-state index contributed by atoms with van der Waals surface area (Å²) >= 11 is 0. The first-order chi connectivity index (χ1) is 8.54. The van der Waals surface area contributed by atoms with Gasteiger partial charge in [-0.15, -0.1) is 0 Å². The molecular formula is C13H9F4N. The van der Waals surface area contributed by atoms with E-state index in [-0.39, 0.29) is 11.1 Å². The number of hydrogen-bond donors (Lipinski definition) is 0. The van der Waals surface area contributed by atoms with Crippen molar-refractivity contribution < 1.29 is 17.6 Å². The van der Waals surface area contributed by atoms with Gasteiger partial charge < -0.3 is 0 Å². The Morgan fingerprint density at radius 2 is 1.78 bits per heavy atom. The van der Waals surface area contributed by atoms with Crippen LogP contribution >= 0.6 is 0 Å². The maximum Gasteiger partial charge on any atom is 0.416 e. The number of pyridine rings is 1. The first kappa shape index (κ1) is 12.5. The summed E-state index contributed by atoms with van der Waals surface area (Å²) in [4.78, 5) is 3.95. The van der Waals surface area contributed by atoms with Crippen LogP contribution in [-0.4, -0.2) is 4.98 Å². The third-order valence-electron chi connectivity index (χ3n) is 2.56. The quantitative estimate of drug-likeness (QED) is 0.731. The number of nitrogens with zero attached hydrogens (tertiary/aromatic N) is 1. The summed E-state index contributed by atoms with van der Waals surface area (Å²) in [7, 11) is 0. The van der Waals surface area contributed by atoms with Gasteiger partial charge in [0.05, 0.1) is 11.3 Å². The second kappa shape index (κ2) is 4.76. The lowest BCUT2D eigenvalue weighted by atomic mass is 9.99. The lowest BCUT2D eigenvalue weighted by Gasteiger charge is -2.14. The van der Waals surface area contributed by atoms with E-state index in [4.69, 9.17) is 0 Å². The SMILES string of the molecule is FCc1c(-c2ccccn2)cccc1C(F)(F)F. The average Bonchev–Trinajstić information content (AvgIpc) is 2.37. The van der Waals surface area contributed by atoms with Crippen LogP contribution in [-0.2, 0) is 12.9 Å². The summed E-state index contributed by atoms with van der Waals surface area (Å²) in [5, 5.41) is 0. The Morgan fingerprint density at radius 1 is 1.00 bits per heavy atom. The van der Waals surface area contributed by atoms with Gasteiger partial charge in [0.25, 0.3) is 0 Å². The van der Waals surface area contributed by atoms with Crippen molar-refractivity contribution in [1.29, 1.82) is 0 Å². The Bertz CT molecular complexity index is 534. The van der Waals surface area contributed by atoms with Crippen molar-refractivity contribution in [2.45, 2.75) is 12.9 Å². The second-order valence-electron chi connectivity index (χ2n) is 3.68. The van der Waals surface area contributed by atoms with Gasteiger partial charge in [-0.25, -0.2) is 4.39 Å². The van der Waals surface area contributed by atoms with E-state index < -0.39 is 18.4 Å². The van der Waals surface area contributed by atoms with Crippen LogP contribution in [0.2, 0.25) is 0 Å². The number of aromatic nitrogens is 1. The van der Waals surface area contributed by atoms with Gasteiger partial charge >= 0.3 is 6.18 Å². The van der Waals surface area contributed by atoms with Crippen molar-refractivity contribution in [2.24, 2.45) is 0 Å². The van der Waals surface area contributed by atoms with Crippen LogP contribution in [0.15, 0.2) is 42.6 Å². The highest BCUT2D eigenvalue weighted by Crippen LogP contribution is 2.36. The predicted molar refractivity (Wildman–Crippen MR) is 59.5 cm³/mol. The molecule has 0 saturated heterocycles. The van der Waals surface area contributed by atoms with Crippen LogP contribution in [0.3, 0.4) is 0 Å². The minimum atomic E-state index is -4.56. The van der Waals surface area contributed by atoms with Gasteiger partial charge in [0.2, 0.25) is 0 Å². The summed E-state index contributed by atoms with van der Waals surface area (Å²) in [5.74, 6) is 0. The van der Waals surface area contributed by atoms with E-state index in [1.807, 2.05) is 0 Å². The Hall–Kier alpha value is -1.91. The van der Waals surface area contributed by atoms with Gasteiger partial charge in [0, 0.05) is 17.3 Å². The highest BCUT2D eigenvalue weighted by Gasteiger charge is 2.34. The molecule has 0 radical (unpaired) electrons. The lowest BCUT2D eigenvalue weighted by molar-refractivity contribution is -0.138. The number of benzene rings is 1. The Labute approximate surface area is 101 Å². The predicted octanol–water partition coefficient (Wildman–Crippen LogP) is 4.24. The molecule has 0 fully saturated rings. The largest absolute Gasteiger partial charge is 0.416 e. The molecule has 0 unspecified atom stereocenters. The standard InChI is InChI=1S/C13H9F4N/c14-8-10-9(12-6-1-2-7-18-12)4-3-5-11(10)13(15,16)17/h1-7H,8H2. The molecule has 0 atom stereocenters. The van der Waals surface area contributed by atoms with Gasteiger partial charge in [-0.05, 0) is 18.2 Å². The van der Waals surface area contributed by atoms with Gasteiger partial charge in [-0.1, -0.05) is 18.2 Å². The van der Waals surface area contributed by atoms with Crippen LogP contribution in [0, 0.1) is 0 Å². The van der Waals surface area contributed by atoms with E-state index in [1.165, 1.54) is 18.3 Å². The zero-order valence-corrected chi connectivity index (χ0v) is 9.21. The second-order valence-corrected chi connectivity index (χ2v) is 3.68. The average molecular weight is 255 g/mol. The van der Waals surface area contributed by atoms with Crippen molar-refractivity contribution >= 4 is 0 Å². The van der Waals surface area contributed by atoms with Gasteiger partial charge in [-0.3, -0.25) is 4.98 Å². The molecule has 0 amide bonds. The molecule has 0 aliphatic heterocycles. The molecular weight excluding hydrogens is 246 g/mol. The van der Waals surface area contributed by atoms with Gasteiger partial charge in [-0.2, -0.15) is 13.2 Å². The Kier molecular flexibility index (Phi) is 3.32. The zero-order valence-electron chi connectivity index (χ0n) is 9.21. The van der Waals surface area contributed by atoms with E-state index in [2.05, 4.69) is 4.98 Å². The molecule has 1 nitrogen and oxygen atoms in total. The fraction of sp³-hybridized carbons (Fsp3) is 0.154. The minimum absolute atomic E-state index is 0.174. The smallest absolute Gasteiger partial charge is 0.256 e. The maximum absolute atomic E-state index is 12.9. The van der Waals surface area contributed by atoms with E-state index in [9.17, 15) is 17.6 Å². The monoisotopic (exact) mass is 255 g/mol. The molecule has 5 heteroatoms. The van der Waals surface area contributed by atoms with Crippen molar-refractivity contribution in [1.82, 2.24) is 4.98 Å². The summed E-state index contributed by atoms with van der Waals surface area (Å²) in [5.41, 5.74) is -0.818. The van der Waals surface area contributed by atoms with Gasteiger partial charge in [0.1, 0.15) is 6.67 Å². The maximum atomic E-state index is 12.9. The fourth-order valence-electron chi connectivity index (χ4n) is 1.76. The molecule has 1 heterocycles. The molecule has 2 aromatic rings. The van der Waals surface area contributed by atoms with E-state index >= 15 is 0 Å². The Balaban J connectivity index is 2.63. The van der Waals surface area contributed by atoms with Crippen molar-refractivity contribution in [3.8, 4) is 11.3 Å². The molecule has 0 aliphatic rings. The molecule has 0 spiro atoms. The number of hydrogen-bond acceptors (Lipinski definition) is 1. The van der Waals surface area contributed by atoms with Crippen molar-refractivity contribution in [2.75, 3.05) is 0 Å². The summed E-state index contributed by atoms with van der Waals surface area (Å²) in [6, 6.07) is 8.41. The minimum Gasteiger partial charge on any atom is -0.256 e. The molecule has 0 aliphatic carbocycles. The summed E-state index contributed by atoms with van der Waals surface area (Å²) in [6.45, 7) is -1.18. The fourth-order valence-corrected chi connectivity index (χ4v) is 1.76. The molecule has 94 valence electrons. The van der Waals surface area contributed by atoms with Crippen molar-refractivity contribution in [3.05, 3.63) is 53.7 Å². The number of rotatable bonds is 2. The third-order valence-corrected chi connectivity index (χ3v) is 2.56. The van der Waals surface area contributed by atoms with Gasteiger partial charge in [0.15, 0.2) is 0 Å². The lowest BCUT2D eigenvalue weighted by Crippen LogP contribution is -2.09. The molecule has 2 rings (SSSR count). The molecule has 18 heavy (non-hydrogen) atoms. The van der Waals surface area contributed by atoms with Crippen LogP contribution in [0.5, 0.6) is 0 Å². The molecule has 0 N–H and O–H groups in total. The first-order valence-corrected chi connectivity index (χ1v) is 5.20. The zero-order chi connectivity index (χ0) is 13.2. The topological polar surface area (TPSA) is 12.9 Å². The normalized spacial score (nSPS) is 11.6. The van der Waals surface area contributed by atoms with E-state index in [0.717, 1.165) is 6.07 Å². The highest BCUT2D eigenvalue weighted by atomic mass is 19.4. The summed E-state index contributed by atoms with van der Waals surface area (Å²) in [6.07, 6.45) is -3.11. The highest BCUT2D eigenvalue weighted by molar-refractivity contribution is 5.65. The van der Waals surface area contributed by atoms with Crippen LogP contribution < -0.4 is 0 Å². The molecule has 0 bridgehead atoms. The van der Waals surface area contributed by atoms with Crippen LogP contribution in [0.4, 0.5) is 17.6 Å². The molecule has 0 saturated carbocycles. The number of alkyl halides is 4. The van der Waals surface area contributed by atoms with E-state index in [0.29, 0.717) is 5.69 Å². The van der Waals surface area contributed by atoms with E-state index in [1.54, 1.807) is 18.2 Å². The Morgan fingerprint density at radius 3 is 2.33 bits per heavy atom. The number of halogens is 4. The molecule has 1 aromatic heterocycles.